The standard InChI is InChI=1S/C45H28N4O/c1-3-12-29(13-4-1)31-16-11-17-32(26-31)44-46-43(30-14-5-2-6-15-30)47-45(48-44)33-22-24-37-38-25-23-34(28-42(38)50-41(37)27-33)49-39-20-9-7-18-35(39)36-19-8-10-21-40(36)49/h1-28H/i7D,8D,18D,19D,20D,21D. The number of furan rings is 1. The molecule has 234 valence electrons. The lowest BCUT2D eigenvalue weighted by Crippen LogP contribution is -2.00. The maximum Gasteiger partial charge on any atom is 0.164 e. The van der Waals surface area contributed by atoms with Gasteiger partial charge in [0.2, 0.25) is 0 Å². The minimum atomic E-state index is -0.159. The molecule has 0 unspecified atom stereocenters. The number of fused-ring (bicyclic) bond motifs is 6. The highest BCUT2D eigenvalue weighted by atomic mass is 16.3. The zero-order valence-corrected chi connectivity index (χ0v) is 26.4. The lowest BCUT2D eigenvalue weighted by Gasteiger charge is -2.09. The molecule has 0 aliphatic carbocycles. The SMILES string of the molecule is [2H]c1cc([2H])c2c(c1[2H])c1c([2H])c([2H])cc([2H])c1n2-c1ccc2c(c1)oc1cc(-c3nc(-c4ccccc4)nc(-c4cccc(-c5ccccc5)c4)n3)ccc12. The molecule has 0 radical (unpaired) electrons. The van der Waals surface area contributed by atoms with E-state index in [0.717, 1.165) is 38.6 Å². The summed E-state index contributed by atoms with van der Waals surface area (Å²) in [6.45, 7) is 0. The summed E-state index contributed by atoms with van der Waals surface area (Å²) in [7, 11) is 0. The van der Waals surface area contributed by atoms with Gasteiger partial charge in [0.25, 0.3) is 0 Å². The van der Waals surface area contributed by atoms with Gasteiger partial charge in [0.05, 0.1) is 19.3 Å². The van der Waals surface area contributed by atoms with Gasteiger partial charge in [0.15, 0.2) is 17.5 Å². The summed E-state index contributed by atoms with van der Waals surface area (Å²) in [6, 6.07) is 41.5. The number of aromatic nitrogens is 4. The van der Waals surface area contributed by atoms with Crippen molar-refractivity contribution in [1.82, 2.24) is 19.5 Å². The Morgan fingerprint density at radius 3 is 1.64 bits per heavy atom. The van der Waals surface area contributed by atoms with Crippen LogP contribution in [0.3, 0.4) is 0 Å². The molecule has 10 rings (SSSR count). The normalized spacial score (nSPS) is 13.3. The fourth-order valence-corrected chi connectivity index (χ4v) is 6.64. The highest BCUT2D eigenvalue weighted by Gasteiger charge is 2.17. The Kier molecular flexibility index (Phi) is 5.17. The molecule has 0 fully saturated rings. The Morgan fingerprint density at radius 2 is 0.960 bits per heavy atom. The van der Waals surface area contributed by atoms with Crippen LogP contribution in [-0.2, 0) is 0 Å². The van der Waals surface area contributed by atoms with Crippen molar-refractivity contribution >= 4 is 43.7 Å². The van der Waals surface area contributed by atoms with Gasteiger partial charge in [-0.2, -0.15) is 0 Å². The smallest absolute Gasteiger partial charge is 0.164 e. The molecule has 0 amide bonds. The monoisotopic (exact) mass is 646 g/mol. The summed E-state index contributed by atoms with van der Waals surface area (Å²) in [4.78, 5) is 14.8. The van der Waals surface area contributed by atoms with Gasteiger partial charge in [-0.25, -0.2) is 15.0 Å². The molecule has 10 aromatic rings. The minimum absolute atomic E-state index is 0.0183. The summed E-state index contributed by atoms with van der Waals surface area (Å²) in [5.74, 6) is 1.56. The summed E-state index contributed by atoms with van der Waals surface area (Å²) in [5.41, 5.74) is 6.89. The van der Waals surface area contributed by atoms with Crippen molar-refractivity contribution in [3.05, 3.63) is 170 Å². The third-order valence-electron chi connectivity index (χ3n) is 9.00. The molecule has 0 atom stereocenters. The first-order valence-corrected chi connectivity index (χ1v) is 16.2. The second kappa shape index (κ2) is 11.4. The van der Waals surface area contributed by atoms with E-state index in [2.05, 4.69) is 24.3 Å². The number of rotatable bonds is 5. The number of para-hydroxylation sites is 2. The second-order valence-corrected chi connectivity index (χ2v) is 12.0. The zero-order valence-electron chi connectivity index (χ0n) is 32.4. The predicted molar refractivity (Wildman–Crippen MR) is 203 cm³/mol. The second-order valence-electron chi connectivity index (χ2n) is 12.0. The van der Waals surface area contributed by atoms with Gasteiger partial charge in [-0.1, -0.05) is 121 Å². The van der Waals surface area contributed by atoms with Crippen molar-refractivity contribution in [1.29, 1.82) is 0 Å². The highest BCUT2D eigenvalue weighted by molar-refractivity contribution is 6.10. The maximum absolute atomic E-state index is 8.83. The average molecular weight is 647 g/mol. The molecular formula is C45H28N4O. The average Bonchev–Trinajstić information content (AvgIpc) is 3.79. The molecule has 3 aromatic heterocycles. The first kappa shape index (κ1) is 22.7. The van der Waals surface area contributed by atoms with E-state index in [4.69, 9.17) is 27.6 Å². The predicted octanol–water partition coefficient (Wildman–Crippen LogP) is 11.5. The van der Waals surface area contributed by atoms with Crippen LogP contribution in [0.5, 0.6) is 0 Å². The van der Waals surface area contributed by atoms with Gasteiger partial charge < -0.3 is 8.98 Å². The van der Waals surface area contributed by atoms with Crippen LogP contribution in [0, 0.1) is 0 Å². The Labute approximate surface area is 296 Å². The van der Waals surface area contributed by atoms with Crippen LogP contribution < -0.4 is 0 Å². The summed E-state index contributed by atoms with van der Waals surface area (Å²) in [5, 5.41) is 2.12. The molecule has 5 heteroatoms. The van der Waals surface area contributed by atoms with Crippen LogP contribution >= 0.6 is 0 Å². The van der Waals surface area contributed by atoms with Crippen LogP contribution in [0.1, 0.15) is 8.22 Å². The number of hydrogen-bond donors (Lipinski definition) is 0. The highest BCUT2D eigenvalue weighted by Crippen LogP contribution is 2.37. The van der Waals surface area contributed by atoms with Crippen LogP contribution in [0.15, 0.2) is 174 Å². The zero-order chi connectivity index (χ0) is 38.2. The quantitative estimate of drug-likeness (QED) is 0.187. The van der Waals surface area contributed by atoms with E-state index in [1.807, 2.05) is 97.1 Å². The molecule has 50 heavy (non-hydrogen) atoms. The Morgan fingerprint density at radius 1 is 0.420 bits per heavy atom. The maximum atomic E-state index is 8.83. The molecule has 0 saturated carbocycles. The van der Waals surface area contributed by atoms with E-state index in [0.29, 0.717) is 45.4 Å². The van der Waals surface area contributed by atoms with E-state index in [1.165, 1.54) is 12.1 Å². The molecule has 0 spiro atoms. The third-order valence-corrected chi connectivity index (χ3v) is 9.00. The molecular weight excluding hydrogens is 613 g/mol. The van der Waals surface area contributed by atoms with Crippen LogP contribution in [0.25, 0.3) is 94.7 Å². The summed E-state index contributed by atoms with van der Waals surface area (Å²) < 4.78 is 59.9. The van der Waals surface area contributed by atoms with Crippen molar-refractivity contribution in [2.75, 3.05) is 0 Å². The fourth-order valence-electron chi connectivity index (χ4n) is 6.64. The van der Waals surface area contributed by atoms with Gasteiger partial charge >= 0.3 is 0 Å². The van der Waals surface area contributed by atoms with E-state index in [9.17, 15) is 0 Å². The molecule has 0 bridgehead atoms. The minimum Gasteiger partial charge on any atom is -0.456 e. The molecule has 3 heterocycles. The first-order valence-electron chi connectivity index (χ1n) is 19.2. The van der Waals surface area contributed by atoms with Gasteiger partial charge in [-0.15, -0.1) is 0 Å². The fraction of sp³-hybridized carbons (Fsp3) is 0. The van der Waals surface area contributed by atoms with Crippen molar-refractivity contribution in [2.24, 2.45) is 0 Å². The van der Waals surface area contributed by atoms with Crippen molar-refractivity contribution in [3.63, 3.8) is 0 Å². The lowest BCUT2D eigenvalue weighted by molar-refractivity contribution is 0.668. The van der Waals surface area contributed by atoms with Crippen molar-refractivity contribution in [3.8, 4) is 51.0 Å². The van der Waals surface area contributed by atoms with Gasteiger partial charge in [0.1, 0.15) is 11.2 Å². The number of hydrogen-bond acceptors (Lipinski definition) is 4. The molecule has 0 N–H and O–H groups in total. The molecule has 0 aliphatic heterocycles. The summed E-state index contributed by atoms with van der Waals surface area (Å²) in [6.07, 6.45) is 0. The van der Waals surface area contributed by atoms with Crippen molar-refractivity contribution < 1.29 is 12.6 Å². The van der Waals surface area contributed by atoms with E-state index in [-0.39, 0.29) is 47.0 Å². The molecule has 0 saturated heterocycles. The van der Waals surface area contributed by atoms with Crippen LogP contribution in [0.4, 0.5) is 0 Å². The topological polar surface area (TPSA) is 56.7 Å². The largest absolute Gasteiger partial charge is 0.456 e. The van der Waals surface area contributed by atoms with Crippen molar-refractivity contribution in [2.45, 2.75) is 0 Å². The lowest BCUT2D eigenvalue weighted by atomic mass is 10.0. The van der Waals surface area contributed by atoms with E-state index >= 15 is 0 Å². The van der Waals surface area contributed by atoms with Gasteiger partial charge in [0, 0.05) is 50.0 Å². The Balaban J connectivity index is 1.13. The number of nitrogens with zero attached hydrogens (tertiary/aromatic N) is 4. The third kappa shape index (κ3) is 4.67. The summed E-state index contributed by atoms with van der Waals surface area (Å²) >= 11 is 0. The molecule has 0 aliphatic rings. The Hall–Kier alpha value is -6.85. The van der Waals surface area contributed by atoms with Gasteiger partial charge in [-0.05, 0) is 53.5 Å². The molecule has 5 nitrogen and oxygen atoms in total. The van der Waals surface area contributed by atoms with E-state index in [1.54, 1.807) is 4.57 Å². The first-order chi connectivity index (χ1) is 27.2. The Bertz CT molecular complexity index is 3150. The van der Waals surface area contributed by atoms with E-state index < -0.39 is 0 Å². The van der Waals surface area contributed by atoms with Crippen LogP contribution in [-0.4, -0.2) is 19.5 Å². The van der Waals surface area contributed by atoms with Gasteiger partial charge in [-0.3, -0.25) is 0 Å². The molecule has 7 aromatic carbocycles. The number of benzene rings is 7. The van der Waals surface area contributed by atoms with Crippen LogP contribution in [0.2, 0.25) is 0 Å².